The first kappa shape index (κ1) is 28.8. The molecule has 3 amide bonds. The van der Waals surface area contributed by atoms with Gasteiger partial charge in [0.15, 0.2) is 5.84 Å². The number of Topliss-reactive ketones (excluding diaryl/α,β-unsaturated/α-hetero) is 1. The van der Waals surface area contributed by atoms with Gasteiger partial charge in [-0.1, -0.05) is 26.5 Å². The molecule has 0 radical (unpaired) electrons. The molecule has 0 aromatic carbocycles. The Labute approximate surface area is 199 Å². The van der Waals surface area contributed by atoms with Crippen LogP contribution < -0.4 is 21.8 Å². The monoisotopic (exact) mass is 480 g/mol. The van der Waals surface area contributed by atoms with Gasteiger partial charge >= 0.3 is 5.97 Å². The molecule has 6 N–H and O–H groups in total. The van der Waals surface area contributed by atoms with E-state index in [2.05, 4.69) is 22.6 Å². The molecular weight excluding hydrogens is 444 g/mol. The summed E-state index contributed by atoms with van der Waals surface area (Å²) < 4.78 is 4.87. The number of nitrogens with two attached hydrogens (primary N) is 1. The Morgan fingerprint density at radius 1 is 1.26 bits per heavy atom. The number of ether oxygens (including phenoxy) is 1. The molecule has 1 aliphatic heterocycles. The summed E-state index contributed by atoms with van der Waals surface area (Å²) in [6.07, 6.45) is 2.42. The molecule has 0 unspecified atom stereocenters. The zero-order chi connectivity index (χ0) is 25.7. The second kappa shape index (κ2) is 14.8. The largest absolute Gasteiger partial charge is 0.461 e. The van der Waals surface area contributed by atoms with Crippen LogP contribution in [0.1, 0.15) is 52.4 Å². The lowest BCUT2D eigenvalue weighted by molar-refractivity contribution is -0.147. The molecule has 0 aromatic heterocycles. The average Bonchev–Trinajstić information content (AvgIpc) is 2.78. The van der Waals surface area contributed by atoms with Gasteiger partial charge in [0.25, 0.3) is 0 Å². The molecule has 2 atom stereocenters. The van der Waals surface area contributed by atoms with Gasteiger partial charge in [-0.25, -0.2) is 5.43 Å². The number of amides is 3. The molecule has 0 saturated carbocycles. The van der Waals surface area contributed by atoms with Gasteiger partial charge in [-0.3, -0.25) is 34.4 Å². The van der Waals surface area contributed by atoms with Crippen LogP contribution in [0.5, 0.6) is 0 Å². The summed E-state index contributed by atoms with van der Waals surface area (Å²) >= 11 is 0. The first-order valence-corrected chi connectivity index (χ1v) is 11.3. The first-order chi connectivity index (χ1) is 16.1. The van der Waals surface area contributed by atoms with Crippen molar-refractivity contribution in [1.82, 2.24) is 21.1 Å². The van der Waals surface area contributed by atoms with Crippen LogP contribution in [0.2, 0.25) is 0 Å². The van der Waals surface area contributed by atoms with Gasteiger partial charge in [0.1, 0.15) is 12.6 Å². The van der Waals surface area contributed by atoms with Gasteiger partial charge in [0.2, 0.25) is 23.5 Å². The van der Waals surface area contributed by atoms with E-state index >= 15 is 0 Å². The number of nitrogens with zero attached hydrogens (tertiary/aromatic N) is 1. The maximum absolute atomic E-state index is 13.0. The Morgan fingerprint density at radius 2 is 1.97 bits per heavy atom. The molecule has 0 bridgehead atoms. The summed E-state index contributed by atoms with van der Waals surface area (Å²) in [6, 6.07) is -2.11. The fourth-order valence-electron chi connectivity index (χ4n) is 3.33. The Hall–Kier alpha value is -3.28. The normalized spacial score (nSPS) is 16.3. The molecule has 1 fully saturated rings. The summed E-state index contributed by atoms with van der Waals surface area (Å²) in [5.74, 6) is -3.12. The highest BCUT2D eigenvalue weighted by Crippen LogP contribution is 2.13. The first-order valence-electron chi connectivity index (χ1n) is 11.3. The Kier molecular flexibility index (Phi) is 12.5. The minimum Gasteiger partial charge on any atom is -0.461 e. The predicted octanol–water partition coefficient (Wildman–Crippen LogP) is -0.466. The van der Waals surface area contributed by atoms with Crippen LogP contribution in [0.3, 0.4) is 0 Å². The smallest absolute Gasteiger partial charge is 0.306 e. The van der Waals surface area contributed by atoms with Crippen LogP contribution >= 0.6 is 0 Å². The minimum atomic E-state index is -1.21. The van der Waals surface area contributed by atoms with E-state index in [1.807, 2.05) is 13.8 Å². The highest BCUT2D eigenvalue weighted by atomic mass is 16.5. The van der Waals surface area contributed by atoms with Crippen molar-refractivity contribution in [2.75, 3.05) is 19.7 Å². The number of ketones is 1. The third kappa shape index (κ3) is 10.1. The Balaban J connectivity index is 2.76. The summed E-state index contributed by atoms with van der Waals surface area (Å²) in [5, 5.41) is 13.8. The predicted molar refractivity (Wildman–Crippen MR) is 124 cm³/mol. The van der Waals surface area contributed by atoms with Crippen molar-refractivity contribution in [1.29, 1.82) is 5.41 Å². The van der Waals surface area contributed by atoms with E-state index < -0.39 is 35.6 Å². The number of amidine groups is 1. The number of hydrazine groups is 1. The zero-order valence-corrected chi connectivity index (χ0v) is 19.9. The van der Waals surface area contributed by atoms with Gasteiger partial charge in [0, 0.05) is 32.4 Å². The molecule has 1 aliphatic rings. The van der Waals surface area contributed by atoms with Gasteiger partial charge in [-0.2, -0.15) is 0 Å². The van der Waals surface area contributed by atoms with E-state index in [4.69, 9.17) is 15.9 Å². The molecule has 0 aromatic rings. The molecule has 0 spiro atoms. The lowest BCUT2D eigenvalue weighted by Crippen LogP contribution is -2.61. The van der Waals surface area contributed by atoms with Crippen LogP contribution in [0.4, 0.5) is 0 Å². The van der Waals surface area contributed by atoms with Crippen molar-refractivity contribution in [3.8, 4) is 0 Å². The summed E-state index contributed by atoms with van der Waals surface area (Å²) in [6.45, 7) is 7.91. The van der Waals surface area contributed by atoms with Crippen LogP contribution in [-0.2, 0) is 28.7 Å². The molecular formula is C22H36N6O6. The van der Waals surface area contributed by atoms with E-state index in [0.717, 1.165) is 0 Å². The molecule has 12 nitrogen and oxygen atoms in total. The summed E-state index contributed by atoms with van der Waals surface area (Å²) in [5.41, 5.74) is 8.20. The van der Waals surface area contributed by atoms with Gasteiger partial charge in [-0.05, 0) is 25.2 Å². The fourth-order valence-corrected chi connectivity index (χ4v) is 3.33. The number of carbonyl (C=O) groups is 5. The fraction of sp³-hybridized carbons (Fsp3) is 0.636. The lowest BCUT2D eigenvalue weighted by atomic mass is 10.0. The number of hydrogen-bond donors (Lipinski definition) is 5. The second-order valence-corrected chi connectivity index (χ2v) is 8.38. The molecule has 34 heavy (non-hydrogen) atoms. The van der Waals surface area contributed by atoms with E-state index in [-0.39, 0.29) is 50.1 Å². The summed E-state index contributed by atoms with van der Waals surface area (Å²) in [4.78, 5) is 61.5. The van der Waals surface area contributed by atoms with E-state index in [0.29, 0.717) is 25.8 Å². The molecule has 12 heteroatoms. The average molecular weight is 481 g/mol. The van der Waals surface area contributed by atoms with Crippen molar-refractivity contribution < 1.29 is 28.7 Å². The quantitative estimate of drug-likeness (QED) is 0.0956. The van der Waals surface area contributed by atoms with Crippen LogP contribution in [-0.4, -0.2) is 72.1 Å². The third-order valence-electron chi connectivity index (χ3n) is 4.97. The maximum atomic E-state index is 13.0. The number of nitrogens with one attached hydrogen (secondary N) is 4. The van der Waals surface area contributed by atoms with Crippen molar-refractivity contribution in [2.24, 2.45) is 11.7 Å². The topological polar surface area (TPSA) is 184 Å². The number of hydrogen-bond acceptors (Lipinski definition) is 8. The molecule has 1 rings (SSSR count). The van der Waals surface area contributed by atoms with Crippen LogP contribution in [0, 0.1) is 11.3 Å². The molecule has 0 aliphatic carbocycles. The van der Waals surface area contributed by atoms with Crippen molar-refractivity contribution >= 4 is 35.3 Å². The number of rotatable bonds is 14. The Bertz CT molecular complexity index is 784. The van der Waals surface area contributed by atoms with E-state index in [9.17, 15) is 24.0 Å². The molecule has 1 saturated heterocycles. The maximum Gasteiger partial charge on any atom is 0.306 e. The highest BCUT2D eigenvalue weighted by Gasteiger charge is 2.34. The van der Waals surface area contributed by atoms with Crippen LogP contribution in [0.15, 0.2) is 12.7 Å². The lowest BCUT2D eigenvalue weighted by Gasteiger charge is -2.36. The highest BCUT2D eigenvalue weighted by molar-refractivity contribution is 6.39. The number of esters is 1. The van der Waals surface area contributed by atoms with E-state index in [1.54, 1.807) is 0 Å². The minimum absolute atomic E-state index is 0.00837. The van der Waals surface area contributed by atoms with Gasteiger partial charge in [0.05, 0.1) is 6.04 Å². The standard InChI is InChI=1S/C22H36N6O6/c1-4-12-34-19(31)8-7-15(20(32)21(23)24)27-22(33)16-6-5-10-26-28(16)18(30)9-11-25-17(29)13-14(2)3/h4,14-16,26H,1,5-13H2,2-3H3,(H3,23,24)(H,25,29)(H,27,33)/t15-,16+/m1/s1. The summed E-state index contributed by atoms with van der Waals surface area (Å²) in [7, 11) is 0. The van der Waals surface area contributed by atoms with Crippen molar-refractivity contribution in [3.05, 3.63) is 12.7 Å². The molecule has 1 heterocycles. The Morgan fingerprint density at radius 3 is 2.59 bits per heavy atom. The van der Waals surface area contributed by atoms with E-state index in [1.165, 1.54) is 11.1 Å². The molecule has 190 valence electrons. The van der Waals surface area contributed by atoms with Gasteiger partial charge in [-0.15, -0.1) is 0 Å². The van der Waals surface area contributed by atoms with Gasteiger partial charge < -0.3 is 21.1 Å². The van der Waals surface area contributed by atoms with Crippen molar-refractivity contribution in [3.63, 3.8) is 0 Å². The SMILES string of the molecule is C=CCOC(=O)CC[C@@H](NC(=O)[C@@H]1CCCNN1C(=O)CCNC(=O)CC(C)C)C(=O)C(=N)N. The van der Waals surface area contributed by atoms with Crippen molar-refractivity contribution in [2.45, 2.75) is 64.5 Å². The van der Waals surface area contributed by atoms with Crippen LogP contribution in [0.25, 0.3) is 0 Å². The number of carbonyl (C=O) groups excluding carboxylic acids is 5. The third-order valence-corrected chi connectivity index (χ3v) is 4.97. The second-order valence-electron chi connectivity index (χ2n) is 8.38. The zero-order valence-electron chi connectivity index (χ0n) is 19.9.